The van der Waals surface area contributed by atoms with Crippen LogP contribution in [0.2, 0.25) is 0 Å². The van der Waals surface area contributed by atoms with Crippen LogP contribution in [0, 0.1) is 18.8 Å². The van der Waals surface area contributed by atoms with Gasteiger partial charge in [0, 0.05) is 17.7 Å². The molecular formula is C17H21NO3. The van der Waals surface area contributed by atoms with Crippen LogP contribution in [0.4, 0.5) is 0 Å². The Kier molecular flexibility index (Phi) is 4.66. The van der Waals surface area contributed by atoms with Crippen LogP contribution >= 0.6 is 0 Å². The van der Waals surface area contributed by atoms with Gasteiger partial charge in [0.2, 0.25) is 0 Å². The van der Waals surface area contributed by atoms with E-state index in [1.54, 1.807) is 12.1 Å². The molecule has 0 saturated carbocycles. The number of aryl methyl sites for hydroxylation is 1. The fourth-order valence-corrected chi connectivity index (χ4v) is 2.36. The van der Waals surface area contributed by atoms with Crippen molar-refractivity contribution in [2.45, 2.75) is 38.8 Å². The lowest BCUT2D eigenvalue weighted by atomic mass is 9.94. The Morgan fingerprint density at radius 3 is 2.95 bits per heavy atom. The standard InChI is InChI=1S/C17H21NO3/c1-12-6-7-15(11-14(12)5-4-9-19)16(20)18-17(3)8-10-21-13(17)2/h6-7,11,13,19H,8-10H2,1-3H3,(H,18,20). The number of rotatable bonds is 2. The first-order valence-electron chi connectivity index (χ1n) is 7.11. The Morgan fingerprint density at radius 2 is 2.33 bits per heavy atom. The van der Waals surface area contributed by atoms with Gasteiger partial charge < -0.3 is 15.2 Å². The normalized spacial score (nSPS) is 24.3. The Morgan fingerprint density at radius 1 is 1.57 bits per heavy atom. The zero-order valence-corrected chi connectivity index (χ0v) is 12.7. The first kappa shape index (κ1) is 15.6. The fraction of sp³-hybridized carbons (Fsp3) is 0.471. The average Bonchev–Trinajstić information content (AvgIpc) is 2.77. The third-order valence-electron chi connectivity index (χ3n) is 4.09. The fourth-order valence-electron chi connectivity index (χ4n) is 2.36. The minimum atomic E-state index is -0.334. The minimum Gasteiger partial charge on any atom is -0.384 e. The quantitative estimate of drug-likeness (QED) is 0.813. The lowest BCUT2D eigenvalue weighted by molar-refractivity contribution is 0.0727. The summed E-state index contributed by atoms with van der Waals surface area (Å²) < 4.78 is 5.54. The molecule has 2 atom stereocenters. The van der Waals surface area contributed by atoms with Gasteiger partial charge in [-0.15, -0.1) is 0 Å². The average molecular weight is 287 g/mol. The molecule has 1 aliphatic rings. The molecular weight excluding hydrogens is 266 g/mol. The SMILES string of the molecule is Cc1ccc(C(=O)NC2(C)CCOC2C)cc1C#CCO. The number of carbonyl (C=O) groups excluding carboxylic acids is 1. The Bertz CT molecular complexity index is 600. The highest BCUT2D eigenvalue weighted by Gasteiger charge is 2.38. The van der Waals surface area contributed by atoms with E-state index in [1.807, 2.05) is 26.8 Å². The summed E-state index contributed by atoms with van der Waals surface area (Å²) in [6, 6.07) is 5.42. The van der Waals surface area contributed by atoms with E-state index in [9.17, 15) is 4.79 Å². The summed E-state index contributed by atoms with van der Waals surface area (Å²) in [4.78, 5) is 12.4. The molecule has 0 radical (unpaired) electrons. The van der Waals surface area contributed by atoms with Gasteiger partial charge in [0.05, 0.1) is 11.6 Å². The molecule has 1 saturated heterocycles. The lowest BCUT2D eigenvalue weighted by Crippen LogP contribution is -2.50. The molecule has 0 spiro atoms. The summed E-state index contributed by atoms with van der Waals surface area (Å²) in [6.07, 6.45) is 0.809. The van der Waals surface area contributed by atoms with Gasteiger partial charge in [-0.25, -0.2) is 0 Å². The van der Waals surface area contributed by atoms with Crippen LogP contribution < -0.4 is 5.32 Å². The van der Waals surface area contributed by atoms with E-state index < -0.39 is 0 Å². The summed E-state index contributed by atoms with van der Waals surface area (Å²) in [5.74, 6) is 5.35. The van der Waals surface area contributed by atoms with Crippen LogP contribution in [0.25, 0.3) is 0 Å². The van der Waals surface area contributed by atoms with Gasteiger partial charge >= 0.3 is 0 Å². The van der Waals surface area contributed by atoms with Gasteiger partial charge in [0.1, 0.15) is 6.61 Å². The molecule has 1 aromatic carbocycles. The van der Waals surface area contributed by atoms with Crippen molar-refractivity contribution in [3.05, 3.63) is 34.9 Å². The van der Waals surface area contributed by atoms with Crippen LogP contribution in [0.15, 0.2) is 18.2 Å². The molecule has 0 bridgehead atoms. The van der Waals surface area contributed by atoms with Crippen molar-refractivity contribution in [3.63, 3.8) is 0 Å². The molecule has 1 aromatic rings. The number of benzene rings is 1. The van der Waals surface area contributed by atoms with Crippen molar-refractivity contribution >= 4 is 5.91 Å². The molecule has 4 nitrogen and oxygen atoms in total. The monoisotopic (exact) mass is 287 g/mol. The lowest BCUT2D eigenvalue weighted by Gasteiger charge is -2.29. The predicted molar refractivity (Wildman–Crippen MR) is 81.0 cm³/mol. The predicted octanol–water partition coefficient (Wildman–Crippen LogP) is 1.64. The van der Waals surface area contributed by atoms with E-state index >= 15 is 0 Å². The zero-order chi connectivity index (χ0) is 15.5. The van der Waals surface area contributed by atoms with Crippen molar-refractivity contribution < 1.29 is 14.6 Å². The number of aliphatic hydroxyl groups is 1. The Balaban J connectivity index is 2.20. The molecule has 0 aliphatic carbocycles. The second-order valence-electron chi connectivity index (χ2n) is 5.62. The molecule has 4 heteroatoms. The minimum absolute atomic E-state index is 0.000509. The van der Waals surface area contributed by atoms with Gasteiger partial charge in [0.15, 0.2) is 0 Å². The van der Waals surface area contributed by atoms with Gasteiger partial charge in [-0.05, 0) is 44.9 Å². The van der Waals surface area contributed by atoms with Crippen molar-refractivity contribution in [1.82, 2.24) is 5.32 Å². The summed E-state index contributed by atoms with van der Waals surface area (Å²) in [6.45, 7) is 6.38. The van der Waals surface area contributed by atoms with Crippen LogP contribution in [0.3, 0.4) is 0 Å². The molecule has 2 rings (SSSR count). The number of carbonyl (C=O) groups is 1. The van der Waals surface area contributed by atoms with Crippen molar-refractivity contribution in [3.8, 4) is 11.8 Å². The second-order valence-corrected chi connectivity index (χ2v) is 5.62. The zero-order valence-electron chi connectivity index (χ0n) is 12.7. The number of ether oxygens (including phenoxy) is 1. The first-order chi connectivity index (χ1) is 9.96. The van der Waals surface area contributed by atoms with Gasteiger partial charge in [0.25, 0.3) is 5.91 Å². The maximum absolute atomic E-state index is 12.4. The van der Waals surface area contributed by atoms with E-state index in [1.165, 1.54) is 0 Å². The van der Waals surface area contributed by atoms with Crippen LogP contribution in [0.5, 0.6) is 0 Å². The molecule has 21 heavy (non-hydrogen) atoms. The highest BCUT2D eigenvalue weighted by atomic mass is 16.5. The van der Waals surface area contributed by atoms with E-state index in [0.29, 0.717) is 12.2 Å². The Labute approximate surface area is 125 Å². The number of hydrogen-bond donors (Lipinski definition) is 2. The van der Waals surface area contributed by atoms with E-state index in [2.05, 4.69) is 17.2 Å². The highest BCUT2D eigenvalue weighted by Crippen LogP contribution is 2.25. The van der Waals surface area contributed by atoms with Gasteiger partial charge in [-0.2, -0.15) is 0 Å². The van der Waals surface area contributed by atoms with Crippen LogP contribution in [-0.2, 0) is 4.74 Å². The number of aliphatic hydroxyl groups excluding tert-OH is 1. The third-order valence-corrected chi connectivity index (χ3v) is 4.09. The summed E-state index contributed by atoms with van der Waals surface area (Å²) >= 11 is 0. The van der Waals surface area contributed by atoms with Crippen molar-refractivity contribution in [2.24, 2.45) is 0 Å². The van der Waals surface area contributed by atoms with Crippen molar-refractivity contribution in [2.75, 3.05) is 13.2 Å². The van der Waals surface area contributed by atoms with Crippen LogP contribution in [-0.4, -0.2) is 35.9 Å². The van der Waals surface area contributed by atoms with E-state index in [4.69, 9.17) is 9.84 Å². The number of hydrogen-bond acceptors (Lipinski definition) is 3. The van der Waals surface area contributed by atoms with E-state index in [0.717, 1.165) is 17.5 Å². The molecule has 1 heterocycles. The first-order valence-corrected chi connectivity index (χ1v) is 7.11. The number of amides is 1. The topological polar surface area (TPSA) is 58.6 Å². The van der Waals surface area contributed by atoms with Gasteiger partial charge in [-0.1, -0.05) is 17.9 Å². The molecule has 2 unspecified atom stereocenters. The number of nitrogens with one attached hydrogen (secondary N) is 1. The maximum atomic E-state index is 12.4. The van der Waals surface area contributed by atoms with Crippen molar-refractivity contribution in [1.29, 1.82) is 0 Å². The third kappa shape index (κ3) is 3.44. The van der Waals surface area contributed by atoms with E-state index in [-0.39, 0.29) is 24.2 Å². The molecule has 1 fully saturated rings. The molecule has 1 amide bonds. The van der Waals surface area contributed by atoms with Gasteiger partial charge in [-0.3, -0.25) is 4.79 Å². The highest BCUT2D eigenvalue weighted by molar-refractivity contribution is 5.95. The maximum Gasteiger partial charge on any atom is 0.251 e. The molecule has 112 valence electrons. The Hall–Kier alpha value is -1.83. The molecule has 0 aromatic heterocycles. The molecule has 2 N–H and O–H groups in total. The van der Waals surface area contributed by atoms with Crippen LogP contribution in [0.1, 0.15) is 41.8 Å². The summed E-state index contributed by atoms with van der Waals surface area (Å²) in [7, 11) is 0. The molecule has 1 aliphatic heterocycles. The summed E-state index contributed by atoms with van der Waals surface area (Å²) in [5, 5.41) is 11.8. The largest absolute Gasteiger partial charge is 0.384 e. The summed E-state index contributed by atoms with van der Waals surface area (Å²) in [5.41, 5.74) is 1.98. The second kappa shape index (κ2) is 6.30. The smallest absolute Gasteiger partial charge is 0.251 e.